The van der Waals surface area contributed by atoms with Gasteiger partial charge in [-0.1, -0.05) is 18.2 Å². The van der Waals surface area contributed by atoms with Crippen LogP contribution in [-0.4, -0.2) is 25.1 Å². The summed E-state index contributed by atoms with van der Waals surface area (Å²) in [5, 5.41) is 6.13. The second kappa shape index (κ2) is 6.57. The molecule has 0 heterocycles. The molecule has 0 aliphatic heterocycles. The summed E-state index contributed by atoms with van der Waals surface area (Å²) >= 11 is 0. The minimum atomic E-state index is -0.0783. The number of para-hydroxylation sites is 1. The zero-order valence-corrected chi connectivity index (χ0v) is 12.4. The summed E-state index contributed by atoms with van der Waals surface area (Å²) in [7, 11) is 1.63. The van der Waals surface area contributed by atoms with E-state index in [9.17, 15) is 4.79 Å². The lowest BCUT2D eigenvalue weighted by Gasteiger charge is -2.22. The Bertz CT molecular complexity index is 424. The van der Waals surface area contributed by atoms with Crippen molar-refractivity contribution in [2.45, 2.75) is 39.3 Å². The van der Waals surface area contributed by atoms with Gasteiger partial charge in [0.2, 0.25) is 5.91 Å². The molecule has 1 amide bonds. The average molecular weight is 264 g/mol. The van der Waals surface area contributed by atoms with Gasteiger partial charge in [-0.3, -0.25) is 4.79 Å². The van der Waals surface area contributed by atoms with Crippen molar-refractivity contribution in [2.75, 3.05) is 13.7 Å². The average Bonchev–Trinajstić information content (AvgIpc) is 2.35. The van der Waals surface area contributed by atoms with Gasteiger partial charge < -0.3 is 15.4 Å². The highest BCUT2D eigenvalue weighted by molar-refractivity contribution is 5.78. The van der Waals surface area contributed by atoms with Crippen LogP contribution >= 0.6 is 0 Å². The van der Waals surface area contributed by atoms with Gasteiger partial charge in [-0.05, 0) is 33.8 Å². The number of carbonyl (C=O) groups excluding carboxylic acids is 1. The quantitative estimate of drug-likeness (QED) is 0.857. The van der Waals surface area contributed by atoms with Crippen molar-refractivity contribution >= 4 is 5.91 Å². The van der Waals surface area contributed by atoms with Gasteiger partial charge in [0, 0.05) is 11.1 Å². The minimum Gasteiger partial charge on any atom is -0.496 e. The lowest BCUT2D eigenvalue weighted by molar-refractivity contribution is -0.121. The summed E-state index contributed by atoms with van der Waals surface area (Å²) in [6.07, 6.45) is 0. The molecule has 19 heavy (non-hydrogen) atoms. The molecule has 1 rings (SSSR count). The van der Waals surface area contributed by atoms with E-state index in [0.717, 1.165) is 11.3 Å². The van der Waals surface area contributed by atoms with Crippen LogP contribution in [0.1, 0.15) is 39.3 Å². The van der Waals surface area contributed by atoms with Crippen molar-refractivity contribution in [2.24, 2.45) is 0 Å². The van der Waals surface area contributed by atoms with Gasteiger partial charge in [0.15, 0.2) is 0 Å². The van der Waals surface area contributed by atoms with Gasteiger partial charge in [-0.2, -0.15) is 0 Å². The molecule has 0 bridgehead atoms. The number of carbonyl (C=O) groups is 1. The molecular formula is C15H24N2O2. The molecule has 0 unspecified atom stereocenters. The second-order valence-electron chi connectivity index (χ2n) is 5.63. The first kappa shape index (κ1) is 15.5. The van der Waals surface area contributed by atoms with Crippen LogP contribution in [0.4, 0.5) is 0 Å². The van der Waals surface area contributed by atoms with Crippen LogP contribution in [0.5, 0.6) is 5.75 Å². The smallest absolute Gasteiger partial charge is 0.234 e. The molecule has 1 atom stereocenters. The van der Waals surface area contributed by atoms with Gasteiger partial charge in [-0.25, -0.2) is 0 Å². The maximum absolute atomic E-state index is 11.9. The van der Waals surface area contributed by atoms with E-state index in [1.807, 2.05) is 52.0 Å². The third-order valence-corrected chi connectivity index (χ3v) is 2.76. The first-order valence-corrected chi connectivity index (χ1v) is 6.51. The molecule has 4 nitrogen and oxygen atoms in total. The molecule has 0 radical (unpaired) electrons. The maximum Gasteiger partial charge on any atom is 0.234 e. The Labute approximate surface area is 115 Å². The number of rotatable bonds is 5. The predicted molar refractivity (Wildman–Crippen MR) is 77.3 cm³/mol. The summed E-state index contributed by atoms with van der Waals surface area (Å²) in [6, 6.07) is 7.63. The summed E-state index contributed by atoms with van der Waals surface area (Å²) in [6.45, 7) is 8.35. The highest BCUT2D eigenvalue weighted by Crippen LogP contribution is 2.24. The van der Waals surface area contributed by atoms with Crippen LogP contribution in [0.2, 0.25) is 0 Å². The molecule has 0 fully saturated rings. The zero-order chi connectivity index (χ0) is 14.5. The van der Waals surface area contributed by atoms with Crippen LogP contribution in [0.25, 0.3) is 0 Å². The molecule has 0 aliphatic carbocycles. The molecule has 2 N–H and O–H groups in total. The summed E-state index contributed by atoms with van der Waals surface area (Å²) < 4.78 is 5.30. The highest BCUT2D eigenvalue weighted by Gasteiger charge is 2.15. The molecule has 4 heteroatoms. The van der Waals surface area contributed by atoms with Crippen LogP contribution in [0.3, 0.4) is 0 Å². The lowest BCUT2D eigenvalue weighted by Crippen LogP contribution is -2.43. The van der Waals surface area contributed by atoms with E-state index in [1.54, 1.807) is 7.11 Å². The summed E-state index contributed by atoms with van der Waals surface area (Å²) in [5.41, 5.74) is 0.916. The van der Waals surface area contributed by atoms with Crippen molar-refractivity contribution in [1.29, 1.82) is 0 Å². The van der Waals surface area contributed by atoms with E-state index < -0.39 is 0 Å². The molecule has 1 aromatic rings. The molecule has 0 aliphatic rings. The fourth-order valence-corrected chi connectivity index (χ4v) is 1.74. The van der Waals surface area contributed by atoms with Crippen molar-refractivity contribution in [1.82, 2.24) is 10.6 Å². The van der Waals surface area contributed by atoms with Crippen LogP contribution < -0.4 is 15.4 Å². The van der Waals surface area contributed by atoms with Gasteiger partial charge in [0.1, 0.15) is 5.75 Å². The lowest BCUT2D eigenvalue weighted by atomic mass is 10.1. The normalized spacial score (nSPS) is 12.9. The molecule has 0 aromatic heterocycles. The molecule has 0 spiro atoms. The Morgan fingerprint density at radius 1 is 1.32 bits per heavy atom. The Hall–Kier alpha value is -1.55. The number of hydrogen-bond donors (Lipinski definition) is 2. The third kappa shape index (κ3) is 5.30. The van der Waals surface area contributed by atoms with E-state index in [2.05, 4.69) is 10.6 Å². The number of methoxy groups -OCH3 is 1. The monoisotopic (exact) mass is 264 g/mol. The number of benzene rings is 1. The minimum absolute atomic E-state index is 0.0201. The summed E-state index contributed by atoms with van der Waals surface area (Å²) in [4.78, 5) is 11.9. The van der Waals surface area contributed by atoms with Crippen LogP contribution in [-0.2, 0) is 4.79 Å². The Kier molecular flexibility index (Phi) is 5.36. The second-order valence-corrected chi connectivity index (χ2v) is 5.63. The highest BCUT2D eigenvalue weighted by atomic mass is 16.5. The Morgan fingerprint density at radius 3 is 2.53 bits per heavy atom. The predicted octanol–water partition coefficient (Wildman–Crippen LogP) is 2.26. The fourth-order valence-electron chi connectivity index (χ4n) is 1.74. The number of hydrogen-bond acceptors (Lipinski definition) is 3. The van der Waals surface area contributed by atoms with E-state index >= 15 is 0 Å². The van der Waals surface area contributed by atoms with Gasteiger partial charge in [0.05, 0.1) is 19.7 Å². The number of nitrogens with one attached hydrogen (secondary N) is 2. The largest absolute Gasteiger partial charge is 0.496 e. The van der Waals surface area contributed by atoms with E-state index in [1.165, 1.54) is 0 Å². The van der Waals surface area contributed by atoms with Crippen molar-refractivity contribution in [3.05, 3.63) is 29.8 Å². The first-order valence-electron chi connectivity index (χ1n) is 6.51. The molecule has 0 saturated heterocycles. The van der Waals surface area contributed by atoms with E-state index in [-0.39, 0.29) is 17.5 Å². The molecule has 106 valence electrons. The maximum atomic E-state index is 11.9. The first-order chi connectivity index (χ1) is 8.83. The summed E-state index contributed by atoms with van der Waals surface area (Å²) in [5.74, 6) is 0.771. The van der Waals surface area contributed by atoms with Crippen LogP contribution in [0.15, 0.2) is 24.3 Å². The molecule has 0 saturated carbocycles. The van der Waals surface area contributed by atoms with Crippen molar-refractivity contribution in [3.63, 3.8) is 0 Å². The fraction of sp³-hybridized carbons (Fsp3) is 0.533. The standard InChI is InChI=1S/C15H24N2O2/c1-11(12-8-6-7-9-13(12)19-5)17-14(18)10-16-15(2,3)4/h6-9,11,16H,10H2,1-5H3,(H,17,18)/t11-/m1/s1. The van der Waals surface area contributed by atoms with Crippen molar-refractivity contribution in [3.8, 4) is 5.75 Å². The van der Waals surface area contributed by atoms with E-state index in [4.69, 9.17) is 4.74 Å². The van der Waals surface area contributed by atoms with E-state index in [0.29, 0.717) is 6.54 Å². The van der Waals surface area contributed by atoms with Gasteiger partial charge in [-0.15, -0.1) is 0 Å². The van der Waals surface area contributed by atoms with Gasteiger partial charge >= 0.3 is 0 Å². The Morgan fingerprint density at radius 2 is 1.95 bits per heavy atom. The Balaban J connectivity index is 2.59. The van der Waals surface area contributed by atoms with Crippen molar-refractivity contribution < 1.29 is 9.53 Å². The molecule has 1 aromatic carbocycles. The third-order valence-electron chi connectivity index (χ3n) is 2.76. The molecular weight excluding hydrogens is 240 g/mol. The van der Waals surface area contributed by atoms with Crippen LogP contribution in [0, 0.1) is 0 Å². The zero-order valence-electron chi connectivity index (χ0n) is 12.4. The van der Waals surface area contributed by atoms with Gasteiger partial charge in [0.25, 0.3) is 0 Å². The topological polar surface area (TPSA) is 50.4 Å². The number of ether oxygens (including phenoxy) is 1. The SMILES string of the molecule is COc1ccccc1[C@@H](C)NC(=O)CNC(C)(C)C. The number of amides is 1.